The summed E-state index contributed by atoms with van der Waals surface area (Å²) in [7, 11) is 5.03. The number of rotatable bonds is 24. The Morgan fingerprint density at radius 1 is 0.568 bits per heavy atom. The van der Waals surface area contributed by atoms with E-state index in [2.05, 4.69) is 67.8 Å². The number of methoxy groups -OCH3 is 1. The SMILES string of the molecule is CCCC[C@H]1C(=O)N[C@@H](CO)C(=O)N[C@H](C(=O)NCC(N)=O)CSCC(=O)N[C@@H](Cc2ccc(O)cc2)C(=O)N(C)[C@@H](C)C(=O)N[C@@H](CC(N)=O)C(=O)N2CCC[C@H]2C(=O)N[C@@H](Cc2c[nH]cn2)C(=O)N[C@@H](CCC(N)=O)C(=O)N2C[C@H](O)C[C@H]2C(=O)C[C@@H](Cc2c[nH]c3ccccc23)C(=O)N[C@@H](CO)C(=O)N[C@@H](Cc2c[nH]c3ccccc23)C(=O)N(C)[C@@H](CCOC)C(=O)N1C. The number of aliphatic hydroxyl groups is 3. The minimum Gasteiger partial charge on any atom is -0.508 e. The molecule has 44 nitrogen and oxygen atoms in total. The first-order chi connectivity index (χ1) is 62.9. The number of carbonyl (C=O) groups excluding carboxylic acids is 18. The van der Waals surface area contributed by atoms with Crippen molar-refractivity contribution < 1.29 is 111 Å². The number of phenols is 1. The Balaban J connectivity index is 1.09. The number of aliphatic hydroxyl groups excluding tert-OH is 3. The van der Waals surface area contributed by atoms with Gasteiger partial charge in [-0.25, -0.2) is 4.98 Å². The van der Waals surface area contributed by atoms with E-state index in [0.29, 0.717) is 56.7 Å². The molecule has 6 aromatic rings. The summed E-state index contributed by atoms with van der Waals surface area (Å²) < 4.78 is 5.45. The third-order valence-electron chi connectivity index (χ3n) is 23.5. The largest absolute Gasteiger partial charge is 0.508 e. The van der Waals surface area contributed by atoms with E-state index < -0.39 is 273 Å². The Kier molecular flexibility index (Phi) is 37.6. The number of carbonyl (C=O) groups is 18. The number of unbranched alkanes of at least 4 members (excludes halogenated alkanes) is 1. The highest BCUT2D eigenvalue weighted by atomic mass is 32.2. The zero-order chi connectivity index (χ0) is 96.3. The van der Waals surface area contributed by atoms with Gasteiger partial charge in [-0.2, -0.15) is 0 Å². The van der Waals surface area contributed by atoms with Crippen molar-refractivity contribution in [3.63, 3.8) is 0 Å². The summed E-state index contributed by atoms with van der Waals surface area (Å²) in [6.45, 7) is -0.876. The van der Waals surface area contributed by atoms with Crippen LogP contribution in [0.25, 0.3) is 21.8 Å². The Morgan fingerprint density at radius 2 is 1.14 bits per heavy atom. The topological polar surface area (TPSA) is 660 Å². The average molecular weight is 1860 g/mol. The number of aromatic amines is 3. The van der Waals surface area contributed by atoms with Gasteiger partial charge in [-0.05, 0) is 80.0 Å². The van der Waals surface area contributed by atoms with E-state index in [1.807, 2.05) is 0 Å². The van der Waals surface area contributed by atoms with Crippen LogP contribution >= 0.6 is 11.8 Å². The first-order valence-electron chi connectivity index (χ1n) is 43.2. The van der Waals surface area contributed by atoms with Gasteiger partial charge in [0.05, 0.1) is 56.1 Å². The molecule has 3 saturated heterocycles. The number of phenolic OH excluding ortho intramolecular Hbond substituents is 1. The number of ether oxygens (including phenoxy) is 1. The highest BCUT2D eigenvalue weighted by Gasteiger charge is 2.47. The zero-order valence-electron chi connectivity index (χ0n) is 74.0. The maximum atomic E-state index is 15.6. The highest BCUT2D eigenvalue weighted by molar-refractivity contribution is 8.00. The van der Waals surface area contributed by atoms with Crippen molar-refractivity contribution in [2.24, 2.45) is 23.1 Å². The number of benzene rings is 3. The summed E-state index contributed by atoms with van der Waals surface area (Å²) in [5.74, 6) is -20.8. The van der Waals surface area contributed by atoms with Crippen molar-refractivity contribution in [2.45, 2.75) is 195 Å². The number of hydrogen-bond acceptors (Lipinski definition) is 25. The van der Waals surface area contributed by atoms with Crippen molar-refractivity contribution in [1.82, 2.24) is 92.3 Å². The minimum absolute atomic E-state index is 0.0671. The molecule has 132 heavy (non-hydrogen) atoms. The van der Waals surface area contributed by atoms with E-state index >= 15 is 33.6 Å². The number of nitrogens with two attached hydrogens (primary N) is 3. The van der Waals surface area contributed by atoms with Crippen LogP contribution in [0.2, 0.25) is 0 Å². The Labute approximate surface area is 763 Å². The summed E-state index contributed by atoms with van der Waals surface area (Å²) in [4.78, 5) is 279. The molecule has 3 aliphatic heterocycles. The quantitative estimate of drug-likeness (QED) is 0.0270. The maximum Gasteiger partial charge on any atom is 0.246 e. The van der Waals surface area contributed by atoms with E-state index in [4.69, 9.17) is 21.9 Å². The molecule has 3 fully saturated rings. The number of Topliss-reactive ketones (excluding diaryl/α,β-unsaturated/α-hetero) is 1. The van der Waals surface area contributed by atoms with Crippen LogP contribution in [-0.4, -0.2) is 335 Å². The molecule has 0 bridgehead atoms. The smallest absolute Gasteiger partial charge is 0.246 e. The van der Waals surface area contributed by atoms with Crippen LogP contribution in [0.4, 0.5) is 0 Å². The number of hydrogen-bond donors (Lipinski definition) is 19. The van der Waals surface area contributed by atoms with Gasteiger partial charge < -0.3 is 130 Å². The number of thioether (sulfide) groups is 1. The predicted molar refractivity (Wildman–Crippen MR) is 475 cm³/mol. The van der Waals surface area contributed by atoms with Crippen molar-refractivity contribution >= 4 is 140 Å². The lowest BCUT2D eigenvalue weighted by Gasteiger charge is -2.36. The van der Waals surface area contributed by atoms with E-state index in [1.54, 1.807) is 67.8 Å². The van der Waals surface area contributed by atoms with E-state index in [-0.39, 0.29) is 76.0 Å². The molecule has 3 aliphatic rings. The lowest BCUT2D eigenvalue weighted by molar-refractivity contribution is -0.150. The third-order valence-corrected chi connectivity index (χ3v) is 24.6. The second kappa shape index (κ2) is 48.5. The second-order valence-corrected chi connectivity index (χ2v) is 34.0. The fourth-order valence-corrected chi connectivity index (χ4v) is 17.0. The molecule has 15 atom stereocenters. The summed E-state index contributed by atoms with van der Waals surface area (Å²) in [6, 6.07) is -2.09. The lowest BCUT2D eigenvalue weighted by Crippen LogP contribution is -2.61. The maximum absolute atomic E-state index is 15.6. The Bertz CT molecular complexity index is 5150. The van der Waals surface area contributed by atoms with Gasteiger partial charge in [0.25, 0.3) is 0 Å². The third kappa shape index (κ3) is 27.6. The van der Waals surface area contributed by atoms with Crippen LogP contribution in [0.3, 0.4) is 0 Å². The van der Waals surface area contributed by atoms with Crippen molar-refractivity contribution in [3.05, 3.63) is 120 Å². The van der Waals surface area contributed by atoms with Crippen LogP contribution in [0.1, 0.15) is 107 Å². The fraction of sp³-hybridized carbons (Fsp3) is 0.506. The van der Waals surface area contributed by atoms with E-state index in [0.717, 1.165) is 24.5 Å². The number of primary amides is 3. The van der Waals surface area contributed by atoms with Gasteiger partial charge in [-0.15, -0.1) is 11.8 Å². The first-order valence-corrected chi connectivity index (χ1v) is 44.4. The van der Waals surface area contributed by atoms with Crippen LogP contribution < -0.4 is 65.1 Å². The Morgan fingerprint density at radius 3 is 1.76 bits per heavy atom. The monoisotopic (exact) mass is 1860 g/mol. The van der Waals surface area contributed by atoms with Gasteiger partial charge >= 0.3 is 0 Å². The zero-order valence-corrected chi connectivity index (χ0v) is 74.8. The fourth-order valence-electron chi connectivity index (χ4n) is 16.1. The number of aromatic nitrogens is 4. The molecule has 3 aromatic heterocycles. The normalized spacial score (nSPS) is 25.1. The number of aromatic hydroxyl groups is 1. The molecule has 6 heterocycles. The summed E-state index contributed by atoms with van der Waals surface area (Å²) in [6.07, 6.45) is 0.484. The number of nitrogens with one attached hydrogen (secondary N) is 12. The van der Waals surface area contributed by atoms with Crippen LogP contribution in [0, 0.1) is 5.92 Å². The molecular formula is C87H117N21O23S. The molecule has 0 unspecified atom stereocenters. The molecule has 22 N–H and O–H groups in total. The van der Waals surface area contributed by atoms with E-state index in [9.17, 15) is 73.2 Å². The number of para-hydroxylation sites is 2. The number of H-pyrrole nitrogens is 3. The molecule has 714 valence electrons. The van der Waals surface area contributed by atoms with Gasteiger partial charge in [0.2, 0.25) is 100 Å². The number of nitrogens with zero attached hydrogens (tertiary/aromatic N) is 6. The number of likely N-dealkylation sites (N-methyl/N-ethyl adjacent to an activating group) is 3. The summed E-state index contributed by atoms with van der Waals surface area (Å²) in [5.41, 5.74) is 19.4. The standard InChI is InChI=1S/C87H117N21O23S/c1-7-8-18-66-81(124)102-64(42-110)80(123)103-65(77(120)94-39-73(90)116)43-132-44-74(117)96-60(29-47-20-22-52(111)23-21-47)83(126)104(3)46(2)75(118)99-62(35-72(89)115)86(129)107-27-13-19-67(107)82(125)98-59(33-51-38-91-45-95-51)78(121)97-58(24-25-71(88)114)85(128)108-40-53(112)34-69(108)70(113)32-48(30-49-36-92-56-16-11-9-14-54(49)56)76(119)101-63(41-109)79(122)100-61(31-50-37-93-57-17-12-10-15-55(50)57)84(127)106(5)68(26-28-131-6)87(130)105(66)4/h9-12,14-17,20-23,36-38,45-46,48,53,58-69,92-93,109-112H,7-8,13,18-19,24-35,39-44H2,1-6H3,(H2,88,114)(H2,89,115)(H2,90,116)(H,91,95)(H,94,120)(H,96,117)(H,97,121)(H,98,125)(H,99,118)(H,100,122)(H,101,119)(H,102,124)(H,103,123)/t46-,48+,53+,58-,59-,60-,61-,62-,63-,64-,65-,66-,67-,68-,69-/m0/s1. The van der Waals surface area contributed by atoms with Crippen molar-refractivity contribution in [2.75, 3.05) is 79.2 Å². The average Bonchev–Trinajstić information content (AvgIpc) is 1.73. The van der Waals surface area contributed by atoms with Crippen LogP contribution in [-0.2, 0) is 117 Å². The number of amides is 17. The second-order valence-electron chi connectivity index (χ2n) is 33.0. The molecular weight excluding hydrogens is 1740 g/mol. The summed E-state index contributed by atoms with van der Waals surface area (Å²) >= 11 is 0.709. The lowest BCUT2D eigenvalue weighted by atomic mass is 9.90. The minimum atomic E-state index is -1.91. The molecule has 9 rings (SSSR count). The molecule has 0 radical (unpaired) electrons. The highest BCUT2D eigenvalue weighted by Crippen LogP contribution is 2.30. The van der Waals surface area contributed by atoms with Gasteiger partial charge in [-0.3, -0.25) is 86.3 Å². The number of imidazole rings is 1. The van der Waals surface area contributed by atoms with Gasteiger partial charge in [0.15, 0.2) is 5.78 Å². The van der Waals surface area contributed by atoms with E-state index in [1.165, 1.54) is 72.0 Å². The van der Waals surface area contributed by atoms with Gasteiger partial charge in [0, 0.05) is 145 Å². The molecule has 17 amide bonds. The molecule has 0 spiro atoms. The number of fused-ring (bicyclic) bond motifs is 4. The van der Waals surface area contributed by atoms with Crippen molar-refractivity contribution in [3.8, 4) is 5.75 Å². The molecule has 0 aliphatic carbocycles. The van der Waals surface area contributed by atoms with Crippen molar-refractivity contribution in [1.29, 1.82) is 0 Å². The predicted octanol–water partition coefficient (Wildman–Crippen LogP) is -5.04. The van der Waals surface area contributed by atoms with Gasteiger partial charge in [0.1, 0.15) is 78.3 Å². The first kappa shape index (κ1) is 102. The molecule has 0 saturated carbocycles. The molecule has 3 aromatic carbocycles. The number of ketones is 1. The van der Waals surface area contributed by atoms with Crippen LogP contribution in [0.5, 0.6) is 5.75 Å². The van der Waals surface area contributed by atoms with Crippen LogP contribution in [0.15, 0.2) is 97.7 Å². The Hall–Kier alpha value is -13.4. The van der Waals surface area contributed by atoms with Gasteiger partial charge in [-0.1, -0.05) is 68.3 Å². The molecule has 45 heteroatoms. The summed E-state index contributed by atoms with van der Waals surface area (Å²) in [5, 5.41) is 67.6.